The highest BCUT2D eigenvalue weighted by molar-refractivity contribution is 6.33. The number of halogens is 1. The molecule has 0 aliphatic carbocycles. The molecule has 0 fully saturated rings. The zero-order valence-electron chi connectivity index (χ0n) is 9.98. The van der Waals surface area contributed by atoms with Crippen molar-refractivity contribution in [1.82, 2.24) is 19.7 Å². The fourth-order valence-electron chi connectivity index (χ4n) is 1.47. The van der Waals surface area contributed by atoms with Gasteiger partial charge in [0.15, 0.2) is 5.82 Å². The number of anilines is 1. The van der Waals surface area contributed by atoms with Gasteiger partial charge in [0.25, 0.3) is 0 Å². The maximum absolute atomic E-state index is 6.20. The number of aromatic nitrogens is 4. The molecular weight excluding hydrogens is 238 g/mol. The van der Waals surface area contributed by atoms with Crippen LogP contribution >= 0.6 is 11.6 Å². The summed E-state index contributed by atoms with van der Waals surface area (Å²) < 4.78 is 1.53. The summed E-state index contributed by atoms with van der Waals surface area (Å²) >= 11 is 6.20. The molecule has 0 radical (unpaired) electrons. The van der Waals surface area contributed by atoms with Crippen molar-refractivity contribution in [2.75, 3.05) is 5.73 Å². The van der Waals surface area contributed by atoms with Crippen LogP contribution in [0.15, 0.2) is 18.6 Å². The van der Waals surface area contributed by atoms with E-state index in [1.807, 2.05) is 20.8 Å². The molecule has 0 atom stereocenters. The van der Waals surface area contributed by atoms with Crippen LogP contribution in [0.4, 0.5) is 5.82 Å². The Morgan fingerprint density at radius 1 is 1.35 bits per heavy atom. The van der Waals surface area contributed by atoms with Crippen LogP contribution in [-0.2, 0) is 5.41 Å². The Hall–Kier alpha value is -1.62. The number of nitrogens with two attached hydrogens (primary N) is 1. The SMILES string of the molecule is CC(C)(C)c1nn(-c2ccncn2)c(N)c1Cl. The van der Waals surface area contributed by atoms with Crippen molar-refractivity contribution in [3.05, 3.63) is 29.3 Å². The molecule has 0 bridgehead atoms. The predicted octanol–water partition coefficient (Wildman–Crippen LogP) is 2.20. The minimum absolute atomic E-state index is 0.163. The lowest BCUT2D eigenvalue weighted by molar-refractivity contribution is 0.559. The molecule has 17 heavy (non-hydrogen) atoms. The van der Waals surface area contributed by atoms with Crippen molar-refractivity contribution in [3.8, 4) is 5.82 Å². The van der Waals surface area contributed by atoms with Gasteiger partial charge in [0.1, 0.15) is 17.2 Å². The highest BCUT2D eigenvalue weighted by Crippen LogP contribution is 2.33. The second-order valence-corrected chi connectivity index (χ2v) is 5.16. The van der Waals surface area contributed by atoms with Crippen LogP contribution in [-0.4, -0.2) is 19.7 Å². The topological polar surface area (TPSA) is 69.6 Å². The first-order valence-corrected chi connectivity index (χ1v) is 5.60. The fourth-order valence-corrected chi connectivity index (χ4v) is 1.88. The Kier molecular flexibility index (Phi) is 2.79. The average Bonchev–Trinajstić information content (AvgIpc) is 2.57. The van der Waals surface area contributed by atoms with E-state index in [9.17, 15) is 0 Å². The molecule has 0 aliphatic rings. The number of nitrogens with zero attached hydrogens (tertiary/aromatic N) is 4. The van der Waals surface area contributed by atoms with Crippen molar-refractivity contribution in [2.24, 2.45) is 0 Å². The second-order valence-electron chi connectivity index (χ2n) is 4.78. The second kappa shape index (κ2) is 4.00. The van der Waals surface area contributed by atoms with Crippen LogP contribution in [0.3, 0.4) is 0 Å². The Bertz CT molecular complexity index is 527. The first kappa shape index (κ1) is 11.9. The zero-order valence-corrected chi connectivity index (χ0v) is 10.7. The molecule has 0 spiro atoms. The summed E-state index contributed by atoms with van der Waals surface area (Å²) in [6.45, 7) is 6.10. The normalized spacial score (nSPS) is 11.8. The van der Waals surface area contributed by atoms with E-state index in [0.717, 1.165) is 5.69 Å². The van der Waals surface area contributed by atoms with Gasteiger partial charge < -0.3 is 5.73 Å². The average molecular weight is 252 g/mol. The molecule has 0 aliphatic heterocycles. The largest absolute Gasteiger partial charge is 0.382 e. The van der Waals surface area contributed by atoms with Crippen LogP contribution in [0.2, 0.25) is 5.02 Å². The molecule has 0 amide bonds. The highest BCUT2D eigenvalue weighted by atomic mass is 35.5. The molecule has 6 heteroatoms. The maximum atomic E-state index is 6.20. The third-order valence-electron chi connectivity index (χ3n) is 2.35. The van der Waals surface area contributed by atoms with Crippen LogP contribution in [0.1, 0.15) is 26.5 Å². The van der Waals surface area contributed by atoms with Crippen molar-refractivity contribution in [3.63, 3.8) is 0 Å². The monoisotopic (exact) mass is 251 g/mol. The lowest BCUT2D eigenvalue weighted by Crippen LogP contribution is -2.13. The molecule has 5 nitrogen and oxygen atoms in total. The summed E-state index contributed by atoms with van der Waals surface area (Å²) in [5.74, 6) is 1.00. The summed E-state index contributed by atoms with van der Waals surface area (Å²) in [7, 11) is 0. The lowest BCUT2D eigenvalue weighted by atomic mass is 9.92. The number of nitrogen functional groups attached to an aromatic ring is 1. The van der Waals surface area contributed by atoms with Gasteiger partial charge in [-0.15, -0.1) is 0 Å². The van der Waals surface area contributed by atoms with Crippen molar-refractivity contribution in [2.45, 2.75) is 26.2 Å². The Labute approximate surface area is 105 Å². The van der Waals surface area contributed by atoms with E-state index in [4.69, 9.17) is 17.3 Å². The Balaban J connectivity index is 2.59. The van der Waals surface area contributed by atoms with Gasteiger partial charge in [0, 0.05) is 17.7 Å². The quantitative estimate of drug-likeness (QED) is 0.844. The minimum Gasteiger partial charge on any atom is -0.382 e. The van der Waals surface area contributed by atoms with Gasteiger partial charge in [-0.05, 0) is 0 Å². The molecule has 0 saturated heterocycles. The summed E-state index contributed by atoms with van der Waals surface area (Å²) in [6.07, 6.45) is 3.08. The molecule has 2 N–H and O–H groups in total. The van der Waals surface area contributed by atoms with E-state index >= 15 is 0 Å². The van der Waals surface area contributed by atoms with E-state index in [-0.39, 0.29) is 5.41 Å². The van der Waals surface area contributed by atoms with Gasteiger partial charge in [0.2, 0.25) is 0 Å². The predicted molar refractivity (Wildman–Crippen MR) is 67.3 cm³/mol. The third kappa shape index (κ3) is 2.10. The van der Waals surface area contributed by atoms with Crippen LogP contribution in [0.25, 0.3) is 5.82 Å². The van der Waals surface area contributed by atoms with Crippen LogP contribution in [0.5, 0.6) is 0 Å². The van der Waals surface area contributed by atoms with Gasteiger partial charge in [-0.2, -0.15) is 9.78 Å². The summed E-state index contributed by atoms with van der Waals surface area (Å²) in [5, 5.41) is 4.90. The molecule has 2 aromatic rings. The van der Waals surface area contributed by atoms with Gasteiger partial charge >= 0.3 is 0 Å². The zero-order chi connectivity index (χ0) is 12.6. The Morgan fingerprint density at radius 2 is 2.06 bits per heavy atom. The minimum atomic E-state index is -0.163. The fraction of sp³-hybridized carbons (Fsp3) is 0.364. The van der Waals surface area contributed by atoms with Gasteiger partial charge in [-0.25, -0.2) is 9.97 Å². The third-order valence-corrected chi connectivity index (χ3v) is 2.73. The molecule has 0 saturated carbocycles. The molecule has 2 aromatic heterocycles. The highest BCUT2D eigenvalue weighted by Gasteiger charge is 2.25. The maximum Gasteiger partial charge on any atom is 0.159 e. The molecular formula is C11H14ClN5. The van der Waals surface area contributed by atoms with Crippen molar-refractivity contribution < 1.29 is 0 Å². The summed E-state index contributed by atoms with van der Waals surface area (Å²) in [6, 6.07) is 1.73. The Morgan fingerprint density at radius 3 is 2.53 bits per heavy atom. The van der Waals surface area contributed by atoms with Crippen molar-refractivity contribution >= 4 is 17.4 Å². The number of hydrogen-bond donors (Lipinski definition) is 1. The molecule has 0 aromatic carbocycles. The molecule has 2 rings (SSSR count). The van der Waals surface area contributed by atoms with E-state index in [1.54, 1.807) is 12.3 Å². The van der Waals surface area contributed by atoms with E-state index in [1.165, 1.54) is 11.0 Å². The van der Waals surface area contributed by atoms with Crippen molar-refractivity contribution in [1.29, 1.82) is 0 Å². The number of rotatable bonds is 1. The standard InChI is InChI=1S/C11H14ClN5/c1-11(2,3)9-8(12)10(13)17(16-9)7-4-5-14-6-15-7/h4-6H,13H2,1-3H3. The summed E-state index contributed by atoms with van der Waals surface area (Å²) in [5.41, 5.74) is 6.54. The first-order valence-electron chi connectivity index (χ1n) is 5.22. The molecule has 0 unspecified atom stereocenters. The number of hydrogen-bond acceptors (Lipinski definition) is 4. The van der Waals surface area contributed by atoms with E-state index in [0.29, 0.717) is 16.7 Å². The smallest absolute Gasteiger partial charge is 0.159 e. The lowest BCUT2D eigenvalue weighted by Gasteiger charge is -2.14. The van der Waals surface area contributed by atoms with Crippen LogP contribution in [0, 0.1) is 0 Å². The van der Waals surface area contributed by atoms with E-state index < -0.39 is 0 Å². The van der Waals surface area contributed by atoms with Crippen LogP contribution < -0.4 is 5.73 Å². The van der Waals surface area contributed by atoms with Gasteiger partial charge in [0.05, 0.1) is 5.69 Å². The molecule has 90 valence electrons. The van der Waals surface area contributed by atoms with Gasteiger partial charge in [-0.3, -0.25) is 0 Å². The first-order chi connectivity index (χ1) is 7.91. The molecule has 2 heterocycles. The van der Waals surface area contributed by atoms with Gasteiger partial charge in [-0.1, -0.05) is 32.4 Å². The summed E-state index contributed by atoms with van der Waals surface area (Å²) in [4.78, 5) is 7.95. The van der Waals surface area contributed by atoms with E-state index in [2.05, 4.69) is 15.1 Å².